The second kappa shape index (κ2) is 5.92. The molecule has 1 fully saturated rings. The molecule has 2 atom stereocenters. The average molecular weight is 283 g/mol. The SMILES string of the molecule is CNC1(C(=O)OC)CCC(Sc2ccc(F)cc2)C1. The van der Waals surface area contributed by atoms with E-state index in [0.717, 1.165) is 24.2 Å². The molecule has 1 aliphatic rings. The summed E-state index contributed by atoms with van der Waals surface area (Å²) in [6.45, 7) is 0. The summed E-state index contributed by atoms with van der Waals surface area (Å²) in [4.78, 5) is 12.9. The predicted molar refractivity (Wildman–Crippen MR) is 73.7 cm³/mol. The van der Waals surface area contributed by atoms with Crippen molar-refractivity contribution in [2.24, 2.45) is 0 Å². The molecular formula is C14H18FNO2S. The number of hydrogen-bond acceptors (Lipinski definition) is 4. The maximum atomic E-state index is 12.8. The molecule has 104 valence electrons. The molecular weight excluding hydrogens is 265 g/mol. The molecule has 0 aromatic heterocycles. The molecule has 0 heterocycles. The van der Waals surface area contributed by atoms with Gasteiger partial charge in [0, 0.05) is 10.1 Å². The number of carbonyl (C=O) groups is 1. The van der Waals surface area contributed by atoms with Crippen molar-refractivity contribution in [2.75, 3.05) is 14.2 Å². The fraction of sp³-hybridized carbons (Fsp3) is 0.500. The monoisotopic (exact) mass is 283 g/mol. The molecule has 1 saturated carbocycles. The fourth-order valence-electron chi connectivity index (χ4n) is 2.52. The van der Waals surface area contributed by atoms with Gasteiger partial charge >= 0.3 is 5.97 Å². The van der Waals surface area contributed by atoms with Crippen LogP contribution >= 0.6 is 11.8 Å². The van der Waals surface area contributed by atoms with Crippen molar-refractivity contribution < 1.29 is 13.9 Å². The zero-order chi connectivity index (χ0) is 13.9. The van der Waals surface area contributed by atoms with Gasteiger partial charge in [-0.3, -0.25) is 4.79 Å². The summed E-state index contributed by atoms with van der Waals surface area (Å²) >= 11 is 1.69. The second-order valence-electron chi connectivity index (χ2n) is 4.76. The Kier molecular flexibility index (Phi) is 4.47. The van der Waals surface area contributed by atoms with Crippen molar-refractivity contribution in [1.82, 2.24) is 5.32 Å². The zero-order valence-electron chi connectivity index (χ0n) is 11.1. The lowest BCUT2D eigenvalue weighted by atomic mass is 9.98. The van der Waals surface area contributed by atoms with Crippen LogP contribution in [0.2, 0.25) is 0 Å². The van der Waals surface area contributed by atoms with Crippen molar-refractivity contribution in [1.29, 1.82) is 0 Å². The molecule has 2 unspecified atom stereocenters. The molecule has 0 amide bonds. The Morgan fingerprint density at radius 2 is 2.16 bits per heavy atom. The van der Waals surface area contributed by atoms with E-state index in [1.165, 1.54) is 19.2 Å². The van der Waals surface area contributed by atoms with Crippen LogP contribution in [0.15, 0.2) is 29.2 Å². The van der Waals surface area contributed by atoms with Gasteiger partial charge in [0.1, 0.15) is 11.4 Å². The maximum Gasteiger partial charge on any atom is 0.326 e. The molecule has 2 rings (SSSR count). The van der Waals surface area contributed by atoms with E-state index in [9.17, 15) is 9.18 Å². The predicted octanol–water partition coefficient (Wildman–Crippen LogP) is 2.60. The number of esters is 1. The summed E-state index contributed by atoms with van der Waals surface area (Å²) in [5, 5.41) is 3.45. The lowest BCUT2D eigenvalue weighted by Crippen LogP contribution is -2.49. The van der Waals surface area contributed by atoms with Gasteiger partial charge in [-0.1, -0.05) is 0 Å². The van der Waals surface area contributed by atoms with Crippen LogP contribution in [-0.2, 0) is 9.53 Å². The third-order valence-electron chi connectivity index (χ3n) is 3.64. The molecule has 1 aliphatic carbocycles. The van der Waals surface area contributed by atoms with Crippen LogP contribution in [0.1, 0.15) is 19.3 Å². The smallest absolute Gasteiger partial charge is 0.326 e. The van der Waals surface area contributed by atoms with E-state index in [2.05, 4.69) is 5.32 Å². The summed E-state index contributed by atoms with van der Waals surface area (Å²) in [6.07, 6.45) is 2.45. The van der Waals surface area contributed by atoms with Crippen molar-refractivity contribution in [2.45, 2.75) is 34.9 Å². The number of thioether (sulfide) groups is 1. The Balaban J connectivity index is 2.01. The molecule has 0 radical (unpaired) electrons. The van der Waals surface area contributed by atoms with Crippen molar-refractivity contribution in [3.63, 3.8) is 0 Å². The van der Waals surface area contributed by atoms with Gasteiger partial charge < -0.3 is 10.1 Å². The topological polar surface area (TPSA) is 38.3 Å². The third-order valence-corrected chi connectivity index (χ3v) is 4.92. The summed E-state index contributed by atoms with van der Waals surface area (Å²) in [5.74, 6) is -0.424. The van der Waals surface area contributed by atoms with Gasteiger partial charge in [-0.05, 0) is 50.6 Å². The van der Waals surface area contributed by atoms with Gasteiger partial charge in [-0.25, -0.2) is 4.39 Å². The van der Waals surface area contributed by atoms with Crippen LogP contribution in [0.4, 0.5) is 4.39 Å². The van der Waals surface area contributed by atoms with Gasteiger partial charge in [0.05, 0.1) is 7.11 Å². The summed E-state index contributed by atoms with van der Waals surface area (Å²) in [7, 11) is 3.21. The van der Waals surface area contributed by atoms with Crippen LogP contribution in [0.5, 0.6) is 0 Å². The molecule has 0 spiro atoms. The molecule has 1 N–H and O–H groups in total. The highest BCUT2D eigenvalue weighted by atomic mass is 32.2. The van der Waals surface area contributed by atoms with Gasteiger partial charge in [0.15, 0.2) is 0 Å². The van der Waals surface area contributed by atoms with Crippen LogP contribution < -0.4 is 5.32 Å². The Morgan fingerprint density at radius 3 is 2.74 bits per heavy atom. The Labute approximate surface area is 116 Å². The highest BCUT2D eigenvalue weighted by Crippen LogP contribution is 2.40. The molecule has 3 nitrogen and oxygen atoms in total. The van der Waals surface area contributed by atoms with Gasteiger partial charge in [-0.15, -0.1) is 11.8 Å². The molecule has 0 bridgehead atoms. The van der Waals surface area contributed by atoms with Crippen molar-refractivity contribution in [3.05, 3.63) is 30.1 Å². The van der Waals surface area contributed by atoms with E-state index < -0.39 is 5.54 Å². The van der Waals surface area contributed by atoms with E-state index in [-0.39, 0.29) is 11.8 Å². The first-order chi connectivity index (χ1) is 9.09. The summed E-state index contributed by atoms with van der Waals surface area (Å²) in [6, 6.07) is 6.47. The minimum Gasteiger partial charge on any atom is -0.468 e. The summed E-state index contributed by atoms with van der Waals surface area (Å²) < 4.78 is 17.7. The number of ether oxygens (including phenoxy) is 1. The van der Waals surface area contributed by atoms with Crippen LogP contribution in [0.3, 0.4) is 0 Å². The zero-order valence-corrected chi connectivity index (χ0v) is 11.9. The lowest BCUT2D eigenvalue weighted by molar-refractivity contribution is -0.148. The van der Waals surface area contributed by atoms with Gasteiger partial charge in [0.2, 0.25) is 0 Å². The second-order valence-corrected chi connectivity index (χ2v) is 6.13. The van der Waals surface area contributed by atoms with Crippen LogP contribution in [0, 0.1) is 5.82 Å². The maximum absolute atomic E-state index is 12.8. The standard InChI is InChI=1S/C14H18FNO2S/c1-16-14(13(17)18-2)8-7-12(9-14)19-11-5-3-10(15)4-6-11/h3-6,12,16H,7-9H2,1-2H3. The van der Waals surface area contributed by atoms with Crippen LogP contribution in [0.25, 0.3) is 0 Å². The number of rotatable bonds is 4. The molecule has 0 aliphatic heterocycles. The van der Waals surface area contributed by atoms with Crippen molar-refractivity contribution in [3.8, 4) is 0 Å². The number of hydrogen-bond donors (Lipinski definition) is 1. The minimum atomic E-state index is -0.563. The molecule has 0 saturated heterocycles. The lowest BCUT2D eigenvalue weighted by Gasteiger charge is -2.25. The molecule has 1 aromatic rings. The Bertz CT molecular complexity index is 451. The van der Waals surface area contributed by atoms with E-state index in [1.807, 2.05) is 0 Å². The number of methoxy groups -OCH3 is 1. The van der Waals surface area contributed by atoms with Crippen LogP contribution in [-0.4, -0.2) is 30.9 Å². The first-order valence-corrected chi connectivity index (χ1v) is 7.17. The van der Waals surface area contributed by atoms with Crippen molar-refractivity contribution >= 4 is 17.7 Å². The van der Waals surface area contributed by atoms with Gasteiger partial charge in [-0.2, -0.15) is 0 Å². The largest absolute Gasteiger partial charge is 0.468 e. The van der Waals surface area contributed by atoms with E-state index in [4.69, 9.17) is 4.74 Å². The first-order valence-electron chi connectivity index (χ1n) is 6.29. The average Bonchev–Trinajstić information content (AvgIpc) is 2.85. The summed E-state index contributed by atoms with van der Waals surface area (Å²) in [5.41, 5.74) is -0.563. The molecule has 19 heavy (non-hydrogen) atoms. The first kappa shape index (κ1) is 14.3. The number of halogens is 1. The molecule has 1 aromatic carbocycles. The van der Waals surface area contributed by atoms with Gasteiger partial charge in [0.25, 0.3) is 0 Å². The molecule has 5 heteroatoms. The van der Waals surface area contributed by atoms with E-state index in [0.29, 0.717) is 5.25 Å². The Hall–Kier alpha value is -1.07. The highest BCUT2D eigenvalue weighted by molar-refractivity contribution is 8.00. The van der Waals surface area contributed by atoms with E-state index >= 15 is 0 Å². The van der Waals surface area contributed by atoms with E-state index in [1.54, 1.807) is 30.9 Å². The highest BCUT2D eigenvalue weighted by Gasteiger charge is 2.45. The number of likely N-dealkylation sites (N-methyl/N-ethyl adjacent to an activating group) is 1. The minimum absolute atomic E-state index is 0.197. The Morgan fingerprint density at radius 1 is 1.47 bits per heavy atom. The third kappa shape index (κ3) is 3.09. The quantitative estimate of drug-likeness (QED) is 0.862. The number of benzene rings is 1. The fourth-order valence-corrected chi connectivity index (χ4v) is 3.80. The number of nitrogens with one attached hydrogen (secondary N) is 1. The normalized spacial score (nSPS) is 26.4. The number of carbonyl (C=O) groups excluding carboxylic acids is 1.